The minimum absolute atomic E-state index is 0.183. The molecule has 0 atom stereocenters. The summed E-state index contributed by atoms with van der Waals surface area (Å²) in [5.41, 5.74) is 10.9. The van der Waals surface area contributed by atoms with Gasteiger partial charge in [0.2, 0.25) is 0 Å². The van der Waals surface area contributed by atoms with Crippen LogP contribution in [0.4, 0.5) is 17.2 Å². The number of nitrogens with zero attached hydrogens (tertiary/aromatic N) is 2. The lowest BCUT2D eigenvalue weighted by molar-refractivity contribution is 0.615. The normalized spacial score (nSPS) is 16.0. The van der Waals surface area contributed by atoms with Gasteiger partial charge in [-0.1, -0.05) is 125 Å². The summed E-state index contributed by atoms with van der Waals surface area (Å²) in [6, 6.07) is 40.4. The van der Waals surface area contributed by atoms with E-state index >= 15 is 0 Å². The molecule has 0 saturated carbocycles. The van der Waals surface area contributed by atoms with Gasteiger partial charge in [-0.25, -0.2) is 4.98 Å². The van der Waals surface area contributed by atoms with E-state index in [0.29, 0.717) is 5.92 Å². The van der Waals surface area contributed by atoms with Crippen LogP contribution in [0, 0.1) is 0 Å². The van der Waals surface area contributed by atoms with Gasteiger partial charge in [-0.3, -0.25) is 4.90 Å². The Kier molecular flexibility index (Phi) is 4.94. The molecule has 2 aliphatic rings. The Morgan fingerprint density at radius 2 is 1.26 bits per heavy atom. The van der Waals surface area contributed by atoms with Gasteiger partial charge in [0.15, 0.2) is 0 Å². The lowest BCUT2D eigenvalue weighted by Crippen LogP contribution is -2.42. The van der Waals surface area contributed by atoms with E-state index < -0.39 is 5.41 Å². The fourth-order valence-electron chi connectivity index (χ4n) is 6.86. The first kappa shape index (κ1) is 23.0. The third-order valence-corrected chi connectivity index (χ3v) is 8.76. The highest BCUT2D eigenvalue weighted by Crippen LogP contribution is 2.62. The second-order valence-electron chi connectivity index (χ2n) is 11.5. The molecular weight excluding hydrogens is 460 g/mol. The van der Waals surface area contributed by atoms with Crippen LogP contribution in [-0.2, 0) is 10.8 Å². The number of benzene rings is 4. The second-order valence-corrected chi connectivity index (χ2v) is 11.5. The lowest BCUT2D eigenvalue weighted by atomic mass is 9.60. The number of aromatic nitrogens is 1. The van der Waals surface area contributed by atoms with Crippen LogP contribution >= 0.6 is 0 Å². The maximum absolute atomic E-state index is 5.03. The summed E-state index contributed by atoms with van der Waals surface area (Å²) in [5, 5.41) is 0. The molecule has 186 valence electrons. The number of pyridine rings is 1. The van der Waals surface area contributed by atoms with Gasteiger partial charge in [0, 0.05) is 17.2 Å². The molecule has 0 amide bonds. The predicted octanol–water partition coefficient (Wildman–Crippen LogP) is 9.01. The van der Waals surface area contributed by atoms with Crippen molar-refractivity contribution in [1.82, 2.24) is 4.98 Å². The fraction of sp³-hybridized carbons (Fsp3) is 0.194. The minimum Gasteiger partial charge on any atom is -0.294 e. The molecule has 0 bridgehead atoms. The molecule has 4 aromatic carbocycles. The van der Waals surface area contributed by atoms with Crippen molar-refractivity contribution in [2.24, 2.45) is 0 Å². The van der Waals surface area contributed by atoms with Crippen LogP contribution in [0.15, 0.2) is 115 Å². The Balaban J connectivity index is 1.71. The van der Waals surface area contributed by atoms with Crippen molar-refractivity contribution in [2.75, 3.05) is 4.90 Å². The second kappa shape index (κ2) is 8.16. The molecular formula is C36H32N2. The Morgan fingerprint density at radius 1 is 0.632 bits per heavy atom. The van der Waals surface area contributed by atoms with Crippen molar-refractivity contribution in [1.29, 1.82) is 0 Å². The highest BCUT2D eigenvalue weighted by atomic mass is 15.2. The van der Waals surface area contributed by atoms with E-state index in [4.69, 9.17) is 4.98 Å². The standard InChI is InChI=1S/C36H32N2/c1-24(2)25-20-21-28-32(23-25)38-33-29(35(3,4)31-19-12-22-37-34(31)38)17-11-18-30(33)36(28,26-13-7-5-8-14-26)27-15-9-6-10-16-27/h5-24H,1-4H3. The van der Waals surface area contributed by atoms with E-state index in [1.807, 2.05) is 6.20 Å². The first-order chi connectivity index (χ1) is 18.5. The quantitative estimate of drug-likeness (QED) is 0.245. The van der Waals surface area contributed by atoms with Crippen LogP contribution in [0.3, 0.4) is 0 Å². The van der Waals surface area contributed by atoms with E-state index in [9.17, 15) is 0 Å². The Hall–Kier alpha value is -4.17. The van der Waals surface area contributed by atoms with Gasteiger partial charge in [-0.15, -0.1) is 0 Å². The summed E-state index contributed by atoms with van der Waals surface area (Å²) >= 11 is 0. The lowest BCUT2D eigenvalue weighted by Gasteiger charge is -2.51. The molecule has 0 aliphatic carbocycles. The van der Waals surface area contributed by atoms with Gasteiger partial charge in [0.05, 0.1) is 16.8 Å². The van der Waals surface area contributed by atoms with Gasteiger partial charge in [-0.05, 0) is 51.4 Å². The molecule has 0 unspecified atom stereocenters. The zero-order chi connectivity index (χ0) is 26.1. The van der Waals surface area contributed by atoms with Gasteiger partial charge < -0.3 is 0 Å². The van der Waals surface area contributed by atoms with Gasteiger partial charge >= 0.3 is 0 Å². The summed E-state index contributed by atoms with van der Waals surface area (Å²) in [6.07, 6.45) is 1.94. The van der Waals surface area contributed by atoms with Crippen LogP contribution in [0.5, 0.6) is 0 Å². The summed E-state index contributed by atoms with van der Waals surface area (Å²) in [6.45, 7) is 9.23. The highest BCUT2D eigenvalue weighted by Gasteiger charge is 2.51. The van der Waals surface area contributed by atoms with E-state index in [2.05, 4.69) is 142 Å². The molecule has 2 heteroatoms. The van der Waals surface area contributed by atoms with E-state index in [0.717, 1.165) is 5.82 Å². The van der Waals surface area contributed by atoms with Crippen molar-refractivity contribution in [3.05, 3.63) is 154 Å². The molecule has 0 N–H and O–H groups in total. The fourth-order valence-corrected chi connectivity index (χ4v) is 6.86. The minimum atomic E-state index is -0.461. The van der Waals surface area contributed by atoms with Crippen molar-refractivity contribution >= 4 is 17.2 Å². The Morgan fingerprint density at radius 3 is 1.92 bits per heavy atom. The Bertz CT molecular complexity index is 1630. The maximum atomic E-state index is 5.03. The number of para-hydroxylation sites is 1. The molecule has 1 aromatic heterocycles. The molecule has 2 aliphatic heterocycles. The molecule has 0 spiro atoms. The third-order valence-electron chi connectivity index (χ3n) is 8.76. The summed E-state index contributed by atoms with van der Waals surface area (Å²) < 4.78 is 0. The zero-order valence-electron chi connectivity index (χ0n) is 22.4. The molecule has 0 fully saturated rings. The average Bonchev–Trinajstić information content (AvgIpc) is 2.96. The van der Waals surface area contributed by atoms with E-state index in [-0.39, 0.29) is 5.41 Å². The molecule has 2 nitrogen and oxygen atoms in total. The average molecular weight is 493 g/mol. The number of fused-ring (bicyclic) bond motifs is 4. The van der Waals surface area contributed by atoms with Crippen LogP contribution < -0.4 is 4.90 Å². The van der Waals surface area contributed by atoms with Crippen LogP contribution in [0.1, 0.15) is 72.6 Å². The van der Waals surface area contributed by atoms with Crippen molar-refractivity contribution in [3.63, 3.8) is 0 Å². The largest absolute Gasteiger partial charge is 0.294 e. The highest BCUT2D eigenvalue weighted by molar-refractivity contribution is 5.94. The van der Waals surface area contributed by atoms with Crippen LogP contribution in [-0.4, -0.2) is 4.98 Å². The van der Waals surface area contributed by atoms with Gasteiger partial charge in [-0.2, -0.15) is 0 Å². The van der Waals surface area contributed by atoms with Crippen LogP contribution in [0.2, 0.25) is 0 Å². The van der Waals surface area contributed by atoms with E-state index in [1.54, 1.807) is 0 Å². The van der Waals surface area contributed by atoms with Crippen molar-refractivity contribution in [2.45, 2.75) is 44.4 Å². The SMILES string of the molecule is CC(C)c1ccc2c(c1)N1c3ncccc3C(C)(C)c3cccc(c31)C2(c1ccccc1)c1ccccc1. The number of rotatable bonds is 3. The topological polar surface area (TPSA) is 16.1 Å². The maximum Gasteiger partial charge on any atom is 0.141 e. The Labute approximate surface area is 225 Å². The van der Waals surface area contributed by atoms with Crippen molar-refractivity contribution in [3.8, 4) is 0 Å². The van der Waals surface area contributed by atoms with Gasteiger partial charge in [0.1, 0.15) is 5.82 Å². The summed E-state index contributed by atoms with van der Waals surface area (Å²) in [5.74, 6) is 1.46. The molecule has 5 aromatic rings. The smallest absolute Gasteiger partial charge is 0.141 e. The zero-order valence-corrected chi connectivity index (χ0v) is 22.4. The number of hydrogen-bond acceptors (Lipinski definition) is 2. The molecule has 38 heavy (non-hydrogen) atoms. The predicted molar refractivity (Wildman–Crippen MR) is 157 cm³/mol. The van der Waals surface area contributed by atoms with E-state index in [1.165, 1.54) is 50.3 Å². The first-order valence-electron chi connectivity index (χ1n) is 13.6. The van der Waals surface area contributed by atoms with Crippen molar-refractivity contribution < 1.29 is 0 Å². The van der Waals surface area contributed by atoms with Crippen LogP contribution in [0.25, 0.3) is 0 Å². The molecule has 0 saturated heterocycles. The molecule has 3 heterocycles. The number of hydrogen-bond donors (Lipinski definition) is 0. The monoisotopic (exact) mass is 492 g/mol. The first-order valence-corrected chi connectivity index (χ1v) is 13.6. The summed E-state index contributed by atoms with van der Waals surface area (Å²) in [7, 11) is 0. The third kappa shape index (κ3) is 2.92. The molecule has 0 radical (unpaired) electrons. The molecule has 7 rings (SSSR count). The summed E-state index contributed by atoms with van der Waals surface area (Å²) in [4.78, 5) is 7.49. The van der Waals surface area contributed by atoms with Gasteiger partial charge in [0.25, 0.3) is 0 Å². The number of anilines is 3.